The first-order chi connectivity index (χ1) is 13.1. The summed E-state index contributed by atoms with van der Waals surface area (Å²) in [5.41, 5.74) is 2.22. The second-order valence-electron chi connectivity index (χ2n) is 7.31. The molecule has 4 heteroatoms. The number of carbonyl (C=O) groups is 1. The van der Waals surface area contributed by atoms with Gasteiger partial charge in [0.25, 0.3) is 0 Å². The maximum atomic E-state index is 11.8. The van der Waals surface area contributed by atoms with Gasteiger partial charge >= 0.3 is 6.03 Å². The summed E-state index contributed by atoms with van der Waals surface area (Å²) in [4.78, 5) is 11.8. The molecule has 0 radical (unpaired) electrons. The van der Waals surface area contributed by atoms with Crippen LogP contribution in [0.4, 0.5) is 4.79 Å². The molecule has 2 aromatic rings. The highest BCUT2D eigenvalue weighted by molar-refractivity contribution is 5.73. The van der Waals surface area contributed by atoms with Crippen molar-refractivity contribution in [3.05, 3.63) is 71.8 Å². The molecule has 1 unspecified atom stereocenters. The molecule has 0 bridgehead atoms. The average Bonchev–Trinajstić information content (AvgIpc) is 2.72. The minimum Gasteiger partial charge on any atom is -0.395 e. The normalized spacial score (nSPS) is 13.0. The molecule has 3 N–H and O–H groups in total. The monoisotopic (exact) mass is 368 g/mol. The van der Waals surface area contributed by atoms with Crippen LogP contribution in [-0.2, 0) is 11.8 Å². The van der Waals surface area contributed by atoms with Gasteiger partial charge in [-0.2, -0.15) is 0 Å². The molecule has 1 atom stereocenters. The SMILES string of the molecule is CC(CO)(CCCCCNC(=O)NCCc1ccccc1)c1ccccc1. The molecule has 0 fully saturated rings. The zero-order chi connectivity index (χ0) is 19.4. The molecule has 0 aromatic heterocycles. The van der Waals surface area contributed by atoms with Crippen LogP contribution in [0.1, 0.15) is 43.7 Å². The second-order valence-corrected chi connectivity index (χ2v) is 7.31. The first kappa shape index (κ1) is 21.0. The van der Waals surface area contributed by atoms with E-state index in [2.05, 4.69) is 41.8 Å². The number of nitrogens with one attached hydrogen (secondary N) is 2. The average molecular weight is 369 g/mol. The number of urea groups is 1. The number of hydrogen-bond acceptors (Lipinski definition) is 2. The van der Waals surface area contributed by atoms with Gasteiger partial charge in [0.2, 0.25) is 0 Å². The van der Waals surface area contributed by atoms with Crippen molar-refractivity contribution in [1.29, 1.82) is 0 Å². The van der Waals surface area contributed by atoms with Crippen LogP contribution in [0.15, 0.2) is 60.7 Å². The van der Waals surface area contributed by atoms with Gasteiger partial charge in [-0.05, 0) is 30.4 Å². The third-order valence-corrected chi connectivity index (χ3v) is 5.05. The predicted molar refractivity (Wildman–Crippen MR) is 111 cm³/mol. The Balaban J connectivity index is 1.55. The second kappa shape index (κ2) is 11.4. The number of amides is 2. The lowest BCUT2D eigenvalue weighted by Gasteiger charge is -2.28. The molecule has 0 spiro atoms. The first-order valence-electron chi connectivity index (χ1n) is 9.86. The number of aliphatic hydroxyl groups is 1. The maximum Gasteiger partial charge on any atom is 0.314 e. The van der Waals surface area contributed by atoms with E-state index in [4.69, 9.17) is 0 Å². The summed E-state index contributed by atoms with van der Waals surface area (Å²) in [7, 11) is 0. The summed E-state index contributed by atoms with van der Waals surface area (Å²) in [5, 5.41) is 15.6. The van der Waals surface area contributed by atoms with Crippen LogP contribution in [0, 0.1) is 0 Å². The largest absolute Gasteiger partial charge is 0.395 e. The summed E-state index contributed by atoms with van der Waals surface area (Å²) < 4.78 is 0. The number of hydrogen-bond donors (Lipinski definition) is 3. The van der Waals surface area contributed by atoms with Crippen molar-refractivity contribution >= 4 is 6.03 Å². The van der Waals surface area contributed by atoms with Gasteiger partial charge in [0.05, 0.1) is 6.61 Å². The summed E-state index contributed by atoms with van der Waals surface area (Å²) >= 11 is 0. The molecule has 0 saturated carbocycles. The predicted octanol–water partition coefficient (Wildman–Crippen LogP) is 4.04. The van der Waals surface area contributed by atoms with Crippen molar-refractivity contribution in [2.75, 3.05) is 19.7 Å². The Morgan fingerprint density at radius 1 is 0.889 bits per heavy atom. The molecular weight excluding hydrogens is 336 g/mol. The van der Waals surface area contributed by atoms with Crippen LogP contribution in [0.5, 0.6) is 0 Å². The van der Waals surface area contributed by atoms with Gasteiger partial charge < -0.3 is 15.7 Å². The molecule has 146 valence electrons. The van der Waals surface area contributed by atoms with Crippen LogP contribution >= 0.6 is 0 Å². The number of carbonyl (C=O) groups excluding carboxylic acids is 1. The quantitative estimate of drug-likeness (QED) is 0.524. The molecule has 2 rings (SSSR count). The van der Waals surface area contributed by atoms with Crippen molar-refractivity contribution in [3.63, 3.8) is 0 Å². The van der Waals surface area contributed by atoms with E-state index in [-0.39, 0.29) is 18.1 Å². The van der Waals surface area contributed by atoms with E-state index in [1.165, 1.54) is 11.1 Å². The topological polar surface area (TPSA) is 61.4 Å². The standard InChI is InChI=1S/C23H32N2O2/c1-23(19-26,21-13-7-3-8-14-21)16-9-4-10-17-24-22(27)25-18-15-20-11-5-2-6-12-20/h2-3,5-8,11-14,26H,4,9-10,15-19H2,1H3,(H2,24,25,27). The molecule has 2 amide bonds. The van der Waals surface area contributed by atoms with Crippen molar-refractivity contribution in [3.8, 4) is 0 Å². The van der Waals surface area contributed by atoms with E-state index in [1.807, 2.05) is 36.4 Å². The van der Waals surface area contributed by atoms with Gasteiger partial charge in [0.1, 0.15) is 0 Å². The van der Waals surface area contributed by atoms with Crippen molar-refractivity contribution < 1.29 is 9.90 Å². The molecule has 0 aliphatic rings. The fourth-order valence-corrected chi connectivity index (χ4v) is 3.20. The molecule has 0 heterocycles. The molecule has 4 nitrogen and oxygen atoms in total. The number of aliphatic hydroxyl groups excluding tert-OH is 1. The summed E-state index contributed by atoms with van der Waals surface area (Å²) in [5.74, 6) is 0. The number of benzene rings is 2. The van der Waals surface area contributed by atoms with E-state index < -0.39 is 0 Å². The van der Waals surface area contributed by atoms with Crippen LogP contribution in [0.2, 0.25) is 0 Å². The van der Waals surface area contributed by atoms with Crippen LogP contribution < -0.4 is 10.6 Å². The molecule has 0 saturated heterocycles. The molecule has 27 heavy (non-hydrogen) atoms. The Bertz CT molecular complexity index is 661. The van der Waals surface area contributed by atoms with Gasteiger partial charge in [-0.3, -0.25) is 0 Å². The third kappa shape index (κ3) is 7.43. The lowest BCUT2D eigenvalue weighted by Crippen LogP contribution is -2.37. The summed E-state index contributed by atoms with van der Waals surface area (Å²) in [6.45, 7) is 3.58. The molecule has 0 aliphatic carbocycles. The Morgan fingerprint density at radius 2 is 1.52 bits per heavy atom. The maximum absolute atomic E-state index is 11.8. The smallest absolute Gasteiger partial charge is 0.314 e. The highest BCUT2D eigenvalue weighted by Crippen LogP contribution is 2.29. The Hall–Kier alpha value is -2.33. The van der Waals surface area contributed by atoms with Crippen molar-refractivity contribution in [2.24, 2.45) is 0 Å². The van der Waals surface area contributed by atoms with Gasteiger partial charge in [-0.1, -0.05) is 80.4 Å². The van der Waals surface area contributed by atoms with Gasteiger partial charge in [-0.15, -0.1) is 0 Å². The first-order valence-corrected chi connectivity index (χ1v) is 9.86. The fourth-order valence-electron chi connectivity index (χ4n) is 3.20. The Labute approximate surface area is 163 Å². The zero-order valence-corrected chi connectivity index (χ0v) is 16.3. The lowest BCUT2D eigenvalue weighted by molar-refractivity contribution is 0.193. The van der Waals surface area contributed by atoms with Crippen LogP contribution in [0.3, 0.4) is 0 Å². The van der Waals surface area contributed by atoms with E-state index in [0.717, 1.165) is 32.1 Å². The summed E-state index contributed by atoms with van der Waals surface area (Å²) in [6.07, 6.45) is 4.79. The van der Waals surface area contributed by atoms with Crippen molar-refractivity contribution in [1.82, 2.24) is 10.6 Å². The Morgan fingerprint density at radius 3 is 2.19 bits per heavy atom. The highest BCUT2D eigenvalue weighted by Gasteiger charge is 2.24. The summed E-state index contributed by atoms with van der Waals surface area (Å²) in [6, 6.07) is 20.2. The Kier molecular flexibility index (Phi) is 8.85. The third-order valence-electron chi connectivity index (χ3n) is 5.05. The molecular formula is C23H32N2O2. The number of rotatable bonds is 11. The van der Waals surface area contributed by atoms with Gasteiger partial charge in [0, 0.05) is 18.5 Å². The van der Waals surface area contributed by atoms with Crippen LogP contribution in [-0.4, -0.2) is 30.8 Å². The van der Waals surface area contributed by atoms with E-state index >= 15 is 0 Å². The number of unbranched alkanes of at least 4 members (excludes halogenated alkanes) is 2. The van der Waals surface area contributed by atoms with E-state index in [0.29, 0.717) is 13.1 Å². The fraction of sp³-hybridized carbons (Fsp3) is 0.435. The van der Waals surface area contributed by atoms with E-state index in [1.54, 1.807) is 0 Å². The highest BCUT2D eigenvalue weighted by atomic mass is 16.3. The minimum atomic E-state index is -0.191. The van der Waals surface area contributed by atoms with E-state index in [9.17, 15) is 9.90 Å². The lowest BCUT2D eigenvalue weighted by atomic mass is 9.79. The zero-order valence-electron chi connectivity index (χ0n) is 16.3. The molecule has 2 aromatic carbocycles. The van der Waals surface area contributed by atoms with Gasteiger partial charge in [-0.25, -0.2) is 4.79 Å². The minimum absolute atomic E-state index is 0.101. The molecule has 0 aliphatic heterocycles. The van der Waals surface area contributed by atoms with Gasteiger partial charge in [0.15, 0.2) is 0 Å². The van der Waals surface area contributed by atoms with Crippen molar-refractivity contribution in [2.45, 2.75) is 44.4 Å². The van der Waals surface area contributed by atoms with Crippen LogP contribution in [0.25, 0.3) is 0 Å².